The van der Waals surface area contributed by atoms with Gasteiger partial charge in [-0.2, -0.15) is 0 Å². The first-order chi connectivity index (χ1) is 8.52. The first-order valence-corrected chi connectivity index (χ1v) is 6.51. The van der Waals surface area contributed by atoms with Crippen molar-refractivity contribution in [3.8, 4) is 0 Å². The quantitative estimate of drug-likeness (QED) is 0.775. The van der Waals surface area contributed by atoms with E-state index in [0.717, 1.165) is 43.4 Å². The van der Waals surface area contributed by atoms with Gasteiger partial charge in [-0.05, 0) is 26.7 Å². The molecule has 0 saturated heterocycles. The Hall–Kier alpha value is -1.36. The van der Waals surface area contributed by atoms with Crippen molar-refractivity contribution >= 4 is 11.6 Å². The maximum Gasteiger partial charge on any atom is 0.134 e. The summed E-state index contributed by atoms with van der Waals surface area (Å²) < 4.78 is 0. The zero-order valence-electron chi connectivity index (χ0n) is 11.8. The lowest BCUT2D eigenvalue weighted by molar-refractivity contribution is 0.187. The summed E-state index contributed by atoms with van der Waals surface area (Å²) in [5.74, 6) is 2.51. The molecule has 0 spiro atoms. The summed E-state index contributed by atoms with van der Waals surface area (Å²) in [6, 6.07) is 1.95. The predicted molar refractivity (Wildman–Crippen MR) is 75.1 cm³/mol. The highest BCUT2D eigenvalue weighted by Crippen LogP contribution is 2.15. The molecule has 0 aromatic carbocycles. The second-order valence-electron chi connectivity index (χ2n) is 4.64. The molecule has 1 aromatic rings. The number of anilines is 2. The zero-order valence-corrected chi connectivity index (χ0v) is 11.8. The smallest absolute Gasteiger partial charge is 0.134 e. The van der Waals surface area contributed by atoms with Gasteiger partial charge in [0.2, 0.25) is 0 Å². The van der Waals surface area contributed by atoms with Gasteiger partial charge in [0.15, 0.2) is 0 Å². The monoisotopic (exact) mass is 252 g/mol. The summed E-state index contributed by atoms with van der Waals surface area (Å²) in [7, 11) is 1.98. The third-order valence-electron chi connectivity index (χ3n) is 2.65. The van der Waals surface area contributed by atoms with Crippen LogP contribution in [0.15, 0.2) is 6.07 Å². The van der Waals surface area contributed by atoms with Crippen LogP contribution >= 0.6 is 0 Å². The zero-order chi connectivity index (χ0) is 13.5. The van der Waals surface area contributed by atoms with E-state index in [4.69, 9.17) is 0 Å². The molecule has 0 fully saturated rings. The average Bonchev–Trinajstić information content (AvgIpc) is 2.32. The van der Waals surface area contributed by atoms with Gasteiger partial charge < -0.3 is 15.3 Å². The van der Waals surface area contributed by atoms with E-state index in [1.807, 2.05) is 24.9 Å². The van der Waals surface area contributed by atoms with Gasteiger partial charge in [-0.1, -0.05) is 6.92 Å². The Labute approximate surface area is 109 Å². The van der Waals surface area contributed by atoms with Crippen molar-refractivity contribution in [3.05, 3.63) is 11.9 Å². The van der Waals surface area contributed by atoms with Crippen molar-refractivity contribution in [1.82, 2.24) is 9.97 Å². The summed E-state index contributed by atoms with van der Waals surface area (Å²) >= 11 is 0. The highest BCUT2D eigenvalue weighted by Gasteiger charge is 2.07. The molecule has 0 bridgehead atoms. The number of rotatable bonds is 7. The largest absolute Gasteiger partial charge is 0.393 e. The number of aromatic nitrogens is 2. The predicted octanol–water partition coefficient (Wildman–Crippen LogP) is 1.81. The van der Waals surface area contributed by atoms with E-state index in [1.165, 1.54) is 0 Å². The minimum atomic E-state index is -0.284. The molecule has 1 atom stereocenters. The van der Waals surface area contributed by atoms with E-state index in [-0.39, 0.29) is 6.10 Å². The molecule has 102 valence electrons. The molecule has 2 N–H and O–H groups in total. The van der Waals surface area contributed by atoms with Crippen LogP contribution in [0.5, 0.6) is 0 Å². The lowest BCUT2D eigenvalue weighted by Crippen LogP contribution is -2.23. The molecule has 0 radical (unpaired) electrons. The summed E-state index contributed by atoms with van der Waals surface area (Å²) in [6.07, 6.45) is 1.51. The Bertz CT molecular complexity index is 368. The van der Waals surface area contributed by atoms with Gasteiger partial charge in [0, 0.05) is 26.2 Å². The number of aliphatic hydroxyl groups excluding tert-OH is 1. The second-order valence-corrected chi connectivity index (χ2v) is 4.64. The van der Waals surface area contributed by atoms with Crippen molar-refractivity contribution in [2.24, 2.45) is 0 Å². The lowest BCUT2D eigenvalue weighted by Gasteiger charge is -2.20. The van der Waals surface area contributed by atoms with Crippen molar-refractivity contribution in [2.75, 3.05) is 30.4 Å². The number of hydrogen-bond acceptors (Lipinski definition) is 5. The van der Waals surface area contributed by atoms with E-state index in [2.05, 4.69) is 22.2 Å². The maximum absolute atomic E-state index is 9.30. The molecule has 0 aliphatic rings. The van der Waals surface area contributed by atoms with E-state index in [9.17, 15) is 5.11 Å². The van der Waals surface area contributed by atoms with Crippen LogP contribution < -0.4 is 10.2 Å². The van der Waals surface area contributed by atoms with Gasteiger partial charge in [-0.3, -0.25) is 0 Å². The number of hydrogen-bond donors (Lipinski definition) is 2. The van der Waals surface area contributed by atoms with E-state index < -0.39 is 0 Å². The number of aryl methyl sites for hydroxylation is 1. The number of nitrogens with zero attached hydrogens (tertiary/aromatic N) is 3. The highest BCUT2D eigenvalue weighted by atomic mass is 16.3. The SMILES string of the molecule is CCCNc1cc(N(C)CCC(C)O)nc(C)n1. The van der Waals surface area contributed by atoms with Crippen LogP contribution in [0, 0.1) is 6.92 Å². The van der Waals surface area contributed by atoms with Gasteiger partial charge in [0.05, 0.1) is 6.10 Å². The Morgan fingerprint density at radius 2 is 2.17 bits per heavy atom. The maximum atomic E-state index is 9.30. The van der Waals surface area contributed by atoms with Crippen LogP contribution in [0.3, 0.4) is 0 Å². The first kappa shape index (κ1) is 14.7. The molecular formula is C13H24N4O. The molecule has 0 saturated carbocycles. The topological polar surface area (TPSA) is 61.3 Å². The number of nitrogens with one attached hydrogen (secondary N) is 1. The fourth-order valence-electron chi connectivity index (χ4n) is 1.59. The second kappa shape index (κ2) is 7.16. The Kier molecular flexibility index (Phi) is 5.85. The molecule has 1 aromatic heterocycles. The summed E-state index contributed by atoms with van der Waals surface area (Å²) in [5.41, 5.74) is 0. The van der Waals surface area contributed by atoms with Crippen LogP contribution in [-0.4, -0.2) is 41.3 Å². The molecule has 5 nitrogen and oxygen atoms in total. The van der Waals surface area contributed by atoms with Crippen LogP contribution in [-0.2, 0) is 0 Å². The van der Waals surface area contributed by atoms with Gasteiger partial charge in [-0.25, -0.2) is 9.97 Å². The van der Waals surface area contributed by atoms with Gasteiger partial charge >= 0.3 is 0 Å². The van der Waals surface area contributed by atoms with Crippen LogP contribution in [0.4, 0.5) is 11.6 Å². The summed E-state index contributed by atoms with van der Waals surface area (Å²) in [6.45, 7) is 7.50. The van der Waals surface area contributed by atoms with Crippen molar-refractivity contribution in [1.29, 1.82) is 0 Å². The molecule has 1 rings (SSSR count). The Morgan fingerprint density at radius 1 is 1.44 bits per heavy atom. The van der Waals surface area contributed by atoms with Crippen molar-refractivity contribution in [3.63, 3.8) is 0 Å². The minimum absolute atomic E-state index is 0.284. The molecule has 18 heavy (non-hydrogen) atoms. The first-order valence-electron chi connectivity index (χ1n) is 6.51. The normalized spacial score (nSPS) is 12.3. The minimum Gasteiger partial charge on any atom is -0.393 e. The van der Waals surface area contributed by atoms with Crippen molar-refractivity contribution in [2.45, 2.75) is 39.7 Å². The average molecular weight is 252 g/mol. The molecule has 0 amide bonds. The standard InChI is InChI=1S/C13H24N4O/c1-5-7-14-12-9-13(16-11(3)15-12)17(4)8-6-10(2)18/h9-10,18H,5-8H2,1-4H3,(H,14,15,16). The number of aliphatic hydroxyl groups is 1. The third-order valence-corrected chi connectivity index (χ3v) is 2.65. The van der Waals surface area contributed by atoms with E-state index in [0.29, 0.717) is 0 Å². The molecule has 1 unspecified atom stereocenters. The molecule has 5 heteroatoms. The highest BCUT2D eigenvalue weighted by molar-refractivity contribution is 5.48. The van der Waals surface area contributed by atoms with E-state index in [1.54, 1.807) is 6.92 Å². The molecular weight excluding hydrogens is 228 g/mol. The van der Waals surface area contributed by atoms with Gasteiger partial charge in [0.1, 0.15) is 17.5 Å². The van der Waals surface area contributed by atoms with Crippen LogP contribution in [0.2, 0.25) is 0 Å². The molecule has 0 aliphatic carbocycles. The fraction of sp³-hybridized carbons (Fsp3) is 0.692. The molecule has 0 aliphatic heterocycles. The third kappa shape index (κ3) is 4.87. The van der Waals surface area contributed by atoms with Crippen LogP contribution in [0.25, 0.3) is 0 Å². The fourth-order valence-corrected chi connectivity index (χ4v) is 1.59. The molecule has 1 heterocycles. The Morgan fingerprint density at radius 3 is 2.78 bits per heavy atom. The van der Waals surface area contributed by atoms with Crippen LogP contribution in [0.1, 0.15) is 32.5 Å². The lowest BCUT2D eigenvalue weighted by atomic mass is 10.3. The van der Waals surface area contributed by atoms with E-state index >= 15 is 0 Å². The van der Waals surface area contributed by atoms with Gasteiger partial charge in [-0.15, -0.1) is 0 Å². The van der Waals surface area contributed by atoms with Gasteiger partial charge in [0.25, 0.3) is 0 Å². The Balaban J connectivity index is 2.71. The summed E-state index contributed by atoms with van der Waals surface area (Å²) in [5, 5.41) is 12.6. The summed E-state index contributed by atoms with van der Waals surface area (Å²) in [4.78, 5) is 10.8. The van der Waals surface area contributed by atoms with Crippen molar-refractivity contribution < 1.29 is 5.11 Å².